The van der Waals surface area contributed by atoms with Crippen molar-refractivity contribution in [2.75, 3.05) is 13.1 Å². The van der Waals surface area contributed by atoms with Crippen LogP contribution in [0.15, 0.2) is 53.4 Å². The summed E-state index contributed by atoms with van der Waals surface area (Å²) in [6.45, 7) is 4.13. The summed E-state index contributed by atoms with van der Waals surface area (Å²) in [6.07, 6.45) is -0.426. The van der Waals surface area contributed by atoms with Gasteiger partial charge in [0.1, 0.15) is 11.9 Å². The van der Waals surface area contributed by atoms with Crippen molar-refractivity contribution in [3.05, 3.63) is 65.5 Å². The molecule has 1 fully saturated rings. The molecule has 9 heteroatoms. The van der Waals surface area contributed by atoms with Crippen molar-refractivity contribution < 1.29 is 22.3 Å². The maximum Gasteiger partial charge on any atom is 0.252 e. The van der Waals surface area contributed by atoms with Crippen LogP contribution in [0.5, 0.6) is 0 Å². The van der Waals surface area contributed by atoms with Crippen molar-refractivity contribution in [3.63, 3.8) is 0 Å². The Kier molecular flexibility index (Phi) is 6.51. The highest BCUT2D eigenvalue weighted by Crippen LogP contribution is 2.22. The summed E-state index contributed by atoms with van der Waals surface area (Å²) in [4.78, 5) is 12.5. The Balaban J connectivity index is 1.76. The lowest BCUT2D eigenvalue weighted by molar-refractivity contribution is -0.0440. The number of carbonyl (C=O) groups excluding carboxylic acids is 1. The van der Waals surface area contributed by atoms with Gasteiger partial charge in [0, 0.05) is 24.2 Å². The third-order valence-corrected chi connectivity index (χ3v) is 6.61. The first-order chi connectivity index (χ1) is 14.2. The lowest BCUT2D eigenvalue weighted by Gasteiger charge is -2.34. The Morgan fingerprint density at radius 2 is 1.77 bits per heavy atom. The van der Waals surface area contributed by atoms with E-state index in [1.54, 1.807) is 6.07 Å². The average molecular weight is 431 g/mol. The first-order valence-corrected chi connectivity index (χ1v) is 10.9. The van der Waals surface area contributed by atoms with Gasteiger partial charge >= 0.3 is 0 Å². The largest absolute Gasteiger partial charge is 0.373 e. The maximum absolute atomic E-state index is 13.9. The molecule has 1 saturated heterocycles. The zero-order valence-electron chi connectivity index (χ0n) is 16.6. The number of benzene rings is 2. The van der Waals surface area contributed by atoms with Gasteiger partial charge in [-0.1, -0.05) is 18.2 Å². The number of amides is 1. The fourth-order valence-corrected chi connectivity index (χ4v) is 4.95. The number of sulfonamides is 1. The number of hydrogen-bond donors (Lipinski definition) is 1. The molecule has 2 aromatic carbocycles. The molecule has 3 rings (SSSR count). The van der Waals surface area contributed by atoms with Crippen LogP contribution in [0.2, 0.25) is 0 Å². The van der Waals surface area contributed by atoms with Crippen molar-refractivity contribution >= 4 is 15.9 Å². The van der Waals surface area contributed by atoms with E-state index in [0.29, 0.717) is 0 Å². The molecule has 1 heterocycles. The van der Waals surface area contributed by atoms with Crippen molar-refractivity contribution in [3.8, 4) is 6.07 Å². The molecule has 0 bridgehead atoms. The first-order valence-electron chi connectivity index (χ1n) is 9.43. The Labute approximate surface area is 175 Å². The highest BCUT2D eigenvalue weighted by Gasteiger charge is 2.32. The monoisotopic (exact) mass is 431 g/mol. The summed E-state index contributed by atoms with van der Waals surface area (Å²) in [7, 11) is -3.73. The van der Waals surface area contributed by atoms with Gasteiger partial charge in [0.25, 0.3) is 5.91 Å². The summed E-state index contributed by atoms with van der Waals surface area (Å²) in [5.41, 5.74) is 0.220. The molecule has 2 aromatic rings. The third kappa shape index (κ3) is 4.67. The van der Waals surface area contributed by atoms with Crippen LogP contribution in [0.3, 0.4) is 0 Å². The summed E-state index contributed by atoms with van der Waals surface area (Å²) in [5.74, 6) is -1.21. The van der Waals surface area contributed by atoms with E-state index in [1.165, 1.54) is 46.8 Å². The number of nitrogens with zero attached hydrogens (tertiary/aromatic N) is 2. The molecule has 0 aliphatic carbocycles. The highest BCUT2D eigenvalue weighted by molar-refractivity contribution is 7.89. The van der Waals surface area contributed by atoms with E-state index in [1.807, 2.05) is 19.9 Å². The minimum atomic E-state index is -3.73. The fourth-order valence-electron chi connectivity index (χ4n) is 3.36. The lowest BCUT2D eigenvalue weighted by Crippen LogP contribution is -2.48. The number of nitriles is 1. The number of carbonyl (C=O) groups is 1. The minimum absolute atomic E-state index is 0.0584. The van der Waals surface area contributed by atoms with Crippen LogP contribution in [0.25, 0.3) is 0 Å². The second kappa shape index (κ2) is 8.92. The summed E-state index contributed by atoms with van der Waals surface area (Å²) < 4.78 is 46.6. The predicted molar refractivity (Wildman–Crippen MR) is 107 cm³/mol. The van der Waals surface area contributed by atoms with Gasteiger partial charge in [0.15, 0.2) is 0 Å². The number of halogens is 1. The normalized spacial score (nSPS) is 20.9. The van der Waals surface area contributed by atoms with Crippen LogP contribution in [0, 0.1) is 17.1 Å². The topological polar surface area (TPSA) is 99.5 Å². The molecular formula is C21H22FN3O4S. The van der Waals surface area contributed by atoms with E-state index in [9.17, 15) is 22.9 Å². The van der Waals surface area contributed by atoms with Gasteiger partial charge in [-0.25, -0.2) is 12.8 Å². The van der Waals surface area contributed by atoms with Crippen LogP contribution < -0.4 is 5.32 Å². The molecule has 3 unspecified atom stereocenters. The summed E-state index contributed by atoms with van der Waals surface area (Å²) >= 11 is 0. The van der Waals surface area contributed by atoms with Gasteiger partial charge in [-0.3, -0.25) is 4.79 Å². The number of rotatable bonds is 5. The molecular weight excluding hydrogens is 409 g/mol. The lowest BCUT2D eigenvalue weighted by atomic mass is 10.1. The van der Waals surface area contributed by atoms with Crippen molar-refractivity contribution in [2.24, 2.45) is 0 Å². The molecule has 1 N–H and O–H groups in total. The molecule has 0 spiro atoms. The second-order valence-electron chi connectivity index (χ2n) is 7.16. The zero-order chi connectivity index (χ0) is 21.9. The summed E-state index contributed by atoms with van der Waals surface area (Å²) in [5, 5.41) is 11.8. The van der Waals surface area contributed by atoms with Crippen molar-refractivity contribution in [1.82, 2.24) is 9.62 Å². The van der Waals surface area contributed by atoms with Gasteiger partial charge in [-0.2, -0.15) is 9.57 Å². The minimum Gasteiger partial charge on any atom is -0.373 e. The average Bonchev–Trinajstić information content (AvgIpc) is 2.72. The zero-order valence-corrected chi connectivity index (χ0v) is 17.4. The van der Waals surface area contributed by atoms with E-state index in [2.05, 4.69) is 5.32 Å². The van der Waals surface area contributed by atoms with Crippen molar-refractivity contribution in [2.45, 2.75) is 37.0 Å². The standard InChI is InChI=1S/C21H22FN3O4S/c1-14-12-25(13-15(2)29-14)30(27,28)17-9-7-16(8-10-17)21(26)24-20(11-23)18-5-3-4-6-19(18)22/h3-10,14-15,20H,12-13H2,1-2H3,(H,24,26). The van der Waals surface area contributed by atoms with E-state index in [4.69, 9.17) is 4.74 Å². The molecule has 1 aliphatic rings. The van der Waals surface area contributed by atoms with E-state index >= 15 is 0 Å². The fraction of sp³-hybridized carbons (Fsp3) is 0.333. The number of hydrogen-bond acceptors (Lipinski definition) is 5. The maximum atomic E-state index is 13.9. The predicted octanol–water partition coefficient (Wildman–Crippen LogP) is 2.62. The van der Waals surface area contributed by atoms with Gasteiger partial charge < -0.3 is 10.1 Å². The van der Waals surface area contributed by atoms with E-state index in [0.717, 1.165) is 0 Å². The Morgan fingerprint density at radius 1 is 1.17 bits per heavy atom. The number of nitrogens with one attached hydrogen (secondary N) is 1. The molecule has 158 valence electrons. The Hall–Kier alpha value is -2.80. The van der Waals surface area contributed by atoms with Gasteiger partial charge in [-0.05, 0) is 44.2 Å². The van der Waals surface area contributed by atoms with Gasteiger partial charge in [0.2, 0.25) is 10.0 Å². The molecule has 0 aromatic heterocycles. The third-order valence-electron chi connectivity index (χ3n) is 4.76. The van der Waals surface area contributed by atoms with Crippen LogP contribution in [-0.4, -0.2) is 43.9 Å². The van der Waals surface area contributed by atoms with E-state index < -0.39 is 27.8 Å². The molecule has 7 nitrogen and oxygen atoms in total. The van der Waals surface area contributed by atoms with Crippen molar-refractivity contribution in [1.29, 1.82) is 5.26 Å². The van der Waals surface area contributed by atoms with Crippen LogP contribution in [0.1, 0.15) is 35.8 Å². The van der Waals surface area contributed by atoms with Crippen LogP contribution in [-0.2, 0) is 14.8 Å². The molecule has 1 amide bonds. The van der Waals surface area contributed by atoms with Crippen LogP contribution in [0.4, 0.5) is 4.39 Å². The second-order valence-corrected chi connectivity index (χ2v) is 9.10. The molecule has 30 heavy (non-hydrogen) atoms. The van der Waals surface area contributed by atoms with Gasteiger partial charge in [-0.15, -0.1) is 0 Å². The Bertz CT molecular complexity index is 1060. The van der Waals surface area contributed by atoms with E-state index in [-0.39, 0.29) is 41.3 Å². The van der Waals surface area contributed by atoms with Crippen LogP contribution >= 0.6 is 0 Å². The first kappa shape index (κ1) is 21.9. The number of morpholine rings is 1. The Morgan fingerprint density at radius 3 is 2.33 bits per heavy atom. The highest BCUT2D eigenvalue weighted by atomic mass is 32.2. The molecule has 0 saturated carbocycles. The molecule has 3 atom stereocenters. The smallest absolute Gasteiger partial charge is 0.252 e. The molecule has 1 aliphatic heterocycles. The molecule has 0 radical (unpaired) electrons. The van der Waals surface area contributed by atoms with Gasteiger partial charge in [0.05, 0.1) is 23.2 Å². The SMILES string of the molecule is CC1CN(S(=O)(=O)c2ccc(C(=O)NC(C#N)c3ccccc3F)cc2)CC(C)O1. The summed E-state index contributed by atoms with van der Waals surface area (Å²) in [6, 6.07) is 11.8. The quantitative estimate of drug-likeness (QED) is 0.785. The number of ether oxygens (including phenoxy) is 1.